The first-order chi connectivity index (χ1) is 16.2. The van der Waals surface area contributed by atoms with Gasteiger partial charge in [-0.2, -0.15) is 4.31 Å². The molecule has 2 aromatic rings. The van der Waals surface area contributed by atoms with Crippen molar-refractivity contribution in [2.24, 2.45) is 0 Å². The largest absolute Gasteiger partial charge is 0.371 e. The highest BCUT2D eigenvalue weighted by atomic mass is 35.5. The Bertz CT molecular complexity index is 1080. The maximum Gasteiger partial charge on any atom is 0.317 e. The first-order valence-electron chi connectivity index (χ1n) is 11.4. The Morgan fingerprint density at radius 1 is 1.00 bits per heavy atom. The van der Waals surface area contributed by atoms with E-state index in [-0.39, 0.29) is 23.0 Å². The molecule has 34 heavy (non-hydrogen) atoms. The van der Waals surface area contributed by atoms with Gasteiger partial charge in [-0.3, -0.25) is 4.98 Å². The summed E-state index contributed by atoms with van der Waals surface area (Å²) in [5.41, 5.74) is 0.993. The summed E-state index contributed by atoms with van der Waals surface area (Å²) in [7, 11) is -1.75. The minimum atomic E-state index is -3.53. The van der Waals surface area contributed by atoms with Crippen LogP contribution in [0.4, 0.5) is 10.5 Å². The second-order valence-electron chi connectivity index (χ2n) is 8.77. The molecule has 11 heteroatoms. The average molecular weight is 526 g/mol. The van der Waals surface area contributed by atoms with Gasteiger partial charge in [0.1, 0.15) is 0 Å². The van der Waals surface area contributed by atoms with Gasteiger partial charge in [0, 0.05) is 73.4 Å². The standard InChI is InChI=1S/C23H29Cl2N5O3S/c1-28(20-6-12-30(13-7-20)34(32,33)22-2-8-26-9-3-22)23(31)27-19-4-10-29(11-5-19)21-15-17(24)14-18(25)16-21/h2-3,8-9,14-16,19-20H,4-7,10-13H2,1H3,(H,27,31). The van der Waals surface area contributed by atoms with Gasteiger partial charge >= 0.3 is 6.03 Å². The average Bonchev–Trinajstić information content (AvgIpc) is 2.84. The van der Waals surface area contributed by atoms with Gasteiger partial charge in [0.05, 0.1) is 4.90 Å². The third-order valence-electron chi connectivity index (χ3n) is 6.61. The summed E-state index contributed by atoms with van der Waals surface area (Å²) in [5, 5.41) is 4.37. The fourth-order valence-electron chi connectivity index (χ4n) is 4.58. The molecule has 1 N–H and O–H groups in total. The normalized spacial score (nSPS) is 18.6. The van der Waals surface area contributed by atoms with Crippen LogP contribution in [0, 0.1) is 0 Å². The van der Waals surface area contributed by atoms with Crippen LogP contribution in [0.1, 0.15) is 25.7 Å². The molecule has 1 aromatic heterocycles. The van der Waals surface area contributed by atoms with E-state index in [9.17, 15) is 13.2 Å². The van der Waals surface area contributed by atoms with Crippen molar-refractivity contribution in [3.05, 3.63) is 52.8 Å². The highest BCUT2D eigenvalue weighted by Crippen LogP contribution is 2.28. The van der Waals surface area contributed by atoms with Crippen molar-refractivity contribution in [3.8, 4) is 0 Å². The highest BCUT2D eigenvalue weighted by Gasteiger charge is 2.32. The summed E-state index contributed by atoms with van der Waals surface area (Å²) < 4.78 is 27.1. The number of anilines is 1. The molecule has 0 bridgehead atoms. The number of nitrogens with zero attached hydrogens (tertiary/aromatic N) is 4. The number of rotatable bonds is 5. The van der Waals surface area contributed by atoms with E-state index < -0.39 is 10.0 Å². The SMILES string of the molecule is CN(C(=O)NC1CCN(c2cc(Cl)cc(Cl)c2)CC1)C1CCN(S(=O)(=O)c2ccncc2)CC1. The number of carbonyl (C=O) groups is 1. The van der Waals surface area contributed by atoms with Crippen LogP contribution in [0.5, 0.6) is 0 Å². The van der Waals surface area contributed by atoms with E-state index in [1.807, 2.05) is 12.1 Å². The van der Waals surface area contributed by atoms with E-state index in [1.54, 1.807) is 18.0 Å². The fourth-order valence-corrected chi connectivity index (χ4v) is 6.55. The summed E-state index contributed by atoms with van der Waals surface area (Å²) in [6.07, 6.45) is 5.81. The number of sulfonamides is 1. The van der Waals surface area contributed by atoms with Gasteiger partial charge in [0.2, 0.25) is 10.0 Å². The fraction of sp³-hybridized carbons (Fsp3) is 0.478. The van der Waals surface area contributed by atoms with Crippen LogP contribution in [-0.4, -0.2) is 73.9 Å². The zero-order chi connectivity index (χ0) is 24.3. The molecule has 0 radical (unpaired) electrons. The van der Waals surface area contributed by atoms with Gasteiger partial charge in [-0.15, -0.1) is 0 Å². The van der Waals surface area contributed by atoms with Crippen molar-refractivity contribution >= 4 is 44.9 Å². The van der Waals surface area contributed by atoms with Crippen LogP contribution in [0.3, 0.4) is 0 Å². The zero-order valence-electron chi connectivity index (χ0n) is 19.0. The van der Waals surface area contributed by atoms with Crippen molar-refractivity contribution < 1.29 is 13.2 Å². The number of benzene rings is 1. The van der Waals surface area contributed by atoms with Crippen LogP contribution < -0.4 is 10.2 Å². The summed E-state index contributed by atoms with van der Waals surface area (Å²) in [6.45, 7) is 2.37. The minimum absolute atomic E-state index is 0.00224. The quantitative estimate of drug-likeness (QED) is 0.640. The Labute approximate surface area is 210 Å². The molecule has 2 aliphatic rings. The molecule has 2 fully saturated rings. The van der Waals surface area contributed by atoms with Crippen molar-refractivity contribution in [1.82, 2.24) is 19.5 Å². The summed E-state index contributed by atoms with van der Waals surface area (Å²) in [6, 6.07) is 8.52. The van der Waals surface area contributed by atoms with Crippen molar-refractivity contribution in [1.29, 1.82) is 0 Å². The molecule has 2 amide bonds. The van der Waals surface area contributed by atoms with Crippen LogP contribution in [0.2, 0.25) is 10.0 Å². The van der Waals surface area contributed by atoms with Gasteiger partial charge in [-0.1, -0.05) is 23.2 Å². The van der Waals surface area contributed by atoms with Gasteiger partial charge in [-0.05, 0) is 56.0 Å². The molecule has 0 atom stereocenters. The number of halogens is 2. The number of nitrogens with one attached hydrogen (secondary N) is 1. The molecule has 184 valence electrons. The molecule has 3 heterocycles. The van der Waals surface area contributed by atoms with Crippen molar-refractivity contribution in [2.45, 2.75) is 42.7 Å². The summed E-state index contributed by atoms with van der Waals surface area (Å²) in [5.74, 6) is 0. The molecule has 2 aliphatic heterocycles. The highest BCUT2D eigenvalue weighted by molar-refractivity contribution is 7.89. The molecule has 1 aromatic carbocycles. The van der Waals surface area contributed by atoms with Crippen LogP contribution in [0.15, 0.2) is 47.6 Å². The third kappa shape index (κ3) is 5.76. The number of amides is 2. The Balaban J connectivity index is 1.25. The molecular formula is C23H29Cl2N5O3S. The molecule has 0 unspecified atom stereocenters. The zero-order valence-corrected chi connectivity index (χ0v) is 21.4. The van der Waals surface area contributed by atoms with E-state index in [1.165, 1.54) is 28.8 Å². The lowest BCUT2D eigenvalue weighted by Gasteiger charge is -2.38. The smallest absolute Gasteiger partial charge is 0.317 e. The number of aromatic nitrogens is 1. The maximum atomic E-state index is 12.9. The minimum Gasteiger partial charge on any atom is -0.371 e. The Hall–Kier alpha value is -2.07. The second kappa shape index (κ2) is 10.7. The first-order valence-corrected chi connectivity index (χ1v) is 13.6. The number of hydrogen-bond donors (Lipinski definition) is 1. The van der Waals surface area contributed by atoms with Gasteiger partial charge < -0.3 is 15.1 Å². The number of carbonyl (C=O) groups excluding carboxylic acids is 1. The predicted octanol–water partition coefficient (Wildman–Crippen LogP) is 3.85. The number of hydrogen-bond acceptors (Lipinski definition) is 5. The lowest BCUT2D eigenvalue weighted by Crippen LogP contribution is -2.53. The Morgan fingerprint density at radius 3 is 2.18 bits per heavy atom. The monoisotopic (exact) mass is 525 g/mol. The topological polar surface area (TPSA) is 85.9 Å². The van der Waals surface area contributed by atoms with E-state index in [4.69, 9.17) is 23.2 Å². The molecule has 0 spiro atoms. The van der Waals surface area contributed by atoms with Crippen LogP contribution in [-0.2, 0) is 10.0 Å². The van der Waals surface area contributed by atoms with E-state index in [2.05, 4.69) is 15.2 Å². The molecule has 8 nitrogen and oxygen atoms in total. The molecular weight excluding hydrogens is 497 g/mol. The number of pyridine rings is 1. The molecule has 2 saturated heterocycles. The first kappa shape index (κ1) is 25.0. The van der Waals surface area contributed by atoms with Crippen LogP contribution >= 0.6 is 23.2 Å². The third-order valence-corrected chi connectivity index (χ3v) is 8.96. The van der Waals surface area contributed by atoms with E-state index >= 15 is 0 Å². The Morgan fingerprint density at radius 2 is 1.59 bits per heavy atom. The lowest BCUT2D eigenvalue weighted by atomic mass is 10.0. The molecule has 0 aliphatic carbocycles. The maximum absolute atomic E-state index is 12.9. The molecule has 0 saturated carbocycles. The number of piperidine rings is 2. The van der Waals surface area contributed by atoms with Gasteiger partial charge in [0.15, 0.2) is 0 Å². The Kier molecular flexibility index (Phi) is 7.87. The van der Waals surface area contributed by atoms with Crippen LogP contribution in [0.25, 0.3) is 0 Å². The van der Waals surface area contributed by atoms with E-state index in [0.29, 0.717) is 36.0 Å². The summed E-state index contributed by atoms with van der Waals surface area (Å²) >= 11 is 12.3. The predicted molar refractivity (Wildman–Crippen MR) is 134 cm³/mol. The molecule has 4 rings (SSSR count). The lowest BCUT2D eigenvalue weighted by molar-refractivity contribution is 0.158. The van der Waals surface area contributed by atoms with Gasteiger partial charge in [-0.25, -0.2) is 13.2 Å². The van der Waals surface area contributed by atoms with Gasteiger partial charge in [0.25, 0.3) is 0 Å². The number of urea groups is 1. The van der Waals surface area contributed by atoms with Crippen molar-refractivity contribution in [2.75, 3.05) is 38.1 Å². The second-order valence-corrected chi connectivity index (χ2v) is 11.6. The summed E-state index contributed by atoms with van der Waals surface area (Å²) in [4.78, 5) is 21.0. The van der Waals surface area contributed by atoms with Crippen molar-refractivity contribution in [3.63, 3.8) is 0 Å². The van der Waals surface area contributed by atoms with E-state index in [0.717, 1.165) is 31.6 Å².